The standard InChI is InChI=1S/C14H16N2O2/c1-8-5-6-12(9(2)7-8)15-16-13(17)10(3)11(4)14(16)18/h5-7,15H,1-4H3. The van der Waals surface area contributed by atoms with Crippen molar-refractivity contribution in [2.45, 2.75) is 27.7 Å². The molecule has 94 valence electrons. The third-order valence-electron chi connectivity index (χ3n) is 3.22. The van der Waals surface area contributed by atoms with E-state index in [4.69, 9.17) is 0 Å². The van der Waals surface area contributed by atoms with Crippen molar-refractivity contribution in [3.63, 3.8) is 0 Å². The van der Waals surface area contributed by atoms with Crippen molar-refractivity contribution in [3.05, 3.63) is 40.5 Å². The lowest BCUT2D eigenvalue weighted by molar-refractivity contribution is -0.135. The Bertz CT molecular complexity index is 549. The molecule has 0 radical (unpaired) electrons. The lowest BCUT2D eigenvalue weighted by Gasteiger charge is -2.19. The molecule has 0 saturated heterocycles. The molecular weight excluding hydrogens is 228 g/mol. The van der Waals surface area contributed by atoms with E-state index < -0.39 is 0 Å². The second kappa shape index (κ2) is 4.29. The summed E-state index contributed by atoms with van der Waals surface area (Å²) in [6, 6.07) is 5.81. The lowest BCUT2D eigenvalue weighted by atomic mass is 10.1. The van der Waals surface area contributed by atoms with Gasteiger partial charge in [-0.15, -0.1) is 0 Å². The van der Waals surface area contributed by atoms with Gasteiger partial charge in [0.2, 0.25) is 0 Å². The van der Waals surface area contributed by atoms with Crippen LogP contribution in [0.1, 0.15) is 25.0 Å². The number of hydrogen-bond acceptors (Lipinski definition) is 3. The fraction of sp³-hybridized carbons (Fsp3) is 0.286. The molecule has 1 heterocycles. The van der Waals surface area contributed by atoms with Crippen LogP contribution in [0.4, 0.5) is 5.69 Å². The summed E-state index contributed by atoms with van der Waals surface area (Å²) in [6.07, 6.45) is 0. The highest BCUT2D eigenvalue weighted by molar-refractivity contribution is 6.19. The van der Waals surface area contributed by atoms with Crippen LogP contribution < -0.4 is 5.43 Å². The molecule has 18 heavy (non-hydrogen) atoms. The van der Waals surface area contributed by atoms with Crippen molar-refractivity contribution in [2.24, 2.45) is 0 Å². The molecule has 1 aromatic rings. The largest absolute Gasteiger partial charge is 0.288 e. The molecule has 0 atom stereocenters. The number of hydrogen-bond donors (Lipinski definition) is 1. The number of rotatable bonds is 2. The van der Waals surface area contributed by atoms with E-state index in [-0.39, 0.29) is 11.8 Å². The first-order valence-corrected chi connectivity index (χ1v) is 5.82. The van der Waals surface area contributed by atoms with Crippen molar-refractivity contribution in [1.82, 2.24) is 5.01 Å². The second-order valence-corrected chi connectivity index (χ2v) is 4.63. The molecule has 4 nitrogen and oxygen atoms in total. The number of amides is 2. The van der Waals surface area contributed by atoms with Crippen LogP contribution in [-0.2, 0) is 9.59 Å². The zero-order chi connectivity index (χ0) is 13.4. The molecule has 2 rings (SSSR count). The zero-order valence-corrected chi connectivity index (χ0v) is 11.0. The summed E-state index contributed by atoms with van der Waals surface area (Å²) in [5.41, 5.74) is 6.79. The predicted octanol–water partition coefficient (Wildman–Crippen LogP) is 2.34. The molecule has 4 heteroatoms. The highest BCUT2D eigenvalue weighted by atomic mass is 16.2. The highest BCUT2D eigenvalue weighted by Gasteiger charge is 2.33. The Morgan fingerprint density at radius 3 is 2.00 bits per heavy atom. The fourth-order valence-electron chi connectivity index (χ4n) is 1.91. The lowest BCUT2D eigenvalue weighted by Crippen LogP contribution is -2.37. The average Bonchev–Trinajstić information content (AvgIpc) is 2.50. The maximum atomic E-state index is 11.9. The van der Waals surface area contributed by atoms with Gasteiger partial charge < -0.3 is 0 Å². The van der Waals surface area contributed by atoms with Gasteiger partial charge in [-0.2, -0.15) is 5.01 Å². The van der Waals surface area contributed by atoms with Crippen LogP contribution in [0.2, 0.25) is 0 Å². The molecule has 1 aliphatic heterocycles. The Kier molecular flexibility index (Phi) is 2.95. The molecular formula is C14H16N2O2. The first kappa shape index (κ1) is 12.4. The molecule has 0 aliphatic carbocycles. The Labute approximate surface area is 106 Å². The Balaban J connectivity index is 2.26. The maximum absolute atomic E-state index is 11.9. The van der Waals surface area contributed by atoms with Gasteiger partial charge in [0.25, 0.3) is 11.8 Å². The van der Waals surface area contributed by atoms with Gasteiger partial charge in [-0.25, -0.2) is 0 Å². The van der Waals surface area contributed by atoms with Gasteiger partial charge >= 0.3 is 0 Å². The van der Waals surface area contributed by atoms with Crippen LogP contribution >= 0.6 is 0 Å². The van der Waals surface area contributed by atoms with Crippen molar-refractivity contribution < 1.29 is 9.59 Å². The van der Waals surface area contributed by atoms with E-state index in [9.17, 15) is 9.59 Å². The number of anilines is 1. The molecule has 0 saturated carbocycles. The summed E-state index contributed by atoms with van der Waals surface area (Å²) in [6.45, 7) is 7.27. The minimum atomic E-state index is -0.280. The number of hydrazine groups is 1. The fourth-order valence-corrected chi connectivity index (χ4v) is 1.91. The molecule has 1 aliphatic rings. The van der Waals surface area contributed by atoms with Crippen molar-refractivity contribution in [3.8, 4) is 0 Å². The van der Waals surface area contributed by atoms with Gasteiger partial charge in [-0.1, -0.05) is 17.7 Å². The third kappa shape index (κ3) is 1.90. The first-order chi connectivity index (χ1) is 8.41. The van der Waals surface area contributed by atoms with E-state index in [0.29, 0.717) is 11.1 Å². The number of benzene rings is 1. The van der Waals surface area contributed by atoms with E-state index in [1.807, 2.05) is 32.0 Å². The summed E-state index contributed by atoms with van der Waals surface area (Å²) in [5.74, 6) is -0.560. The molecule has 0 fully saturated rings. The third-order valence-corrected chi connectivity index (χ3v) is 3.22. The maximum Gasteiger partial charge on any atom is 0.275 e. The van der Waals surface area contributed by atoms with Crippen molar-refractivity contribution >= 4 is 17.5 Å². The van der Waals surface area contributed by atoms with E-state index in [2.05, 4.69) is 5.43 Å². The SMILES string of the molecule is CC1=C(C)C(=O)N(Nc2ccc(C)cc2C)C1=O. The monoisotopic (exact) mass is 244 g/mol. The van der Waals surface area contributed by atoms with Crippen LogP contribution in [0.3, 0.4) is 0 Å². The van der Waals surface area contributed by atoms with Crippen LogP contribution in [0.15, 0.2) is 29.3 Å². The molecule has 0 spiro atoms. The predicted molar refractivity (Wildman–Crippen MR) is 69.8 cm³/mol. The molecule has 0 aromatic heterocycles. The Hall–Kier alpha value is -2.10. The number of carbonyl (C=O) groups excluding carboxylic acids is 2. The van der Waals surface area contributed by atoms with Crippen LogP contribution in [0.25, 0.3) is 0 Å². The van der Waals surface area contributed by atoms with Gasteiger partial charge in [0.1, 0.15) is 0 Å². The number of nitrogens with zero attached hydrogens (tertiary/aromatic N) is 1. The van der Waals surface area contributed by atoms with E-state index >= 15 is 0 Å². The minimum Gasteiger partial charge on any atom is -0.288 e. The normalized spacial score (nSPS) is 15.7. The summed E-state index contributed by atoms with van der Waals surface area (Å²) in [7, 11) is 0. The highest BCUT2D eigenvalue weighted by Crippen LogP contribution is 2.23. The van der Waals surface area contributed by atoms with Gasteiger partial charge in [0.05, 0.1) is 5.69 Å². The van der Waals surface area contributed by atoms with Gasteiger partial charge in [0.15, 0.2) is 0 Å². The van der Waals surface area contributed by atoms with E-state index in [1.54, 1.807) is 13.8 Å². The number of nitrogens with one attached hydrogen (secondary N) is 1. The minimum absolute atomic E-state index is 0.280. The summed E-state index contributed by atoms with van der Waals surface area (Å²) in [5, 5.41) is 1.07. The van der Waals surface area contributed by atoms with Crippen LogP contribution in [0, 0.1) is 13.8 Å². The summed E-state index contributed by atoms with van der Waals surface area (Å²) >= 11 is 0. The number of imide groups is 1. The number of aryl methyl sites for hydroxylation is 2. The quantitative estimate of drug-likeness (QED) is 0.812. The summed E-state index contributed by atoms with van der Waals surface area (Å²) < 4.78 is 0. The Morgan fingerprint density at radius 2 is 1.50 bits per heavy atom. The van der Waals surface area contributed by atoms with Gasteiger partial charge in [-0.05, 0) is 39.3 Å². The summed E-state index contributed by atoms with van der Waals surface area (Å²) in [4.78, 5) is 23.8. The zero-order valence-electron chi connectivity index (χ0n) is 11.0. The van der Waals surface area contributed by atoms with Crippen LogP contribution in [-0.4, -0.2) is 16.8 Å². The second-order valence-electron chi connectivity index (χ2n) is 4.63. The topological polar surface area (TPSA) is 49.4 Å². The Morgan fingerprint density at radius 1 is 0.944 bits per heavy atom. The molecule has 1 N–H and O–H groups in total. The van der Waals surface area contributed by atoms with Gasteiger partial charge in [0, 0.05) is 11.1 Å². The van der Waals surface area contributed by atoms with Crippen LogP contribution in [0.5, 0.6) is 0 Å². The molecule has 0 bridgehead atoms. The first-order valence-electron chi connectivity index (χ1n) is 5.82. The number of carbonyl (C=O) groups is 2. The molecule has 2 amide bonds. The van der Waals surface area contributed by atoms with Crippen molar-refractivity contribution in [2.75, 3.05) is 5.43 Å². The molecule has 1 aromatic carbocycles. The van der Waals surface area contributed by atoms with E-state index in [1.165, 1.54) is 0 Å². The van der Waals surface area contributed by atoms with Crippen molar-refractivity contribution in [1.29, 1.82) is 0 Å². The van der Waals surface area contributed by atoms with Gasteiger partial charge in [-0.3, -0.25) is 15.0 Å². The average molecular weight is 244 g/mol. The molecule has 0 unspecified atom stereocenters. The smallest absolute Gasteiger partial charge is 0.275 e. The van der Waals surface area contributed by atoms with E-state index in [0.717, 1.165) is 21.8 Å².